The standard InChI is InChI=1S/C18H25BrN2O3S/c19-15-6-3-7-16(12-15)24-9-11-25-10-8-20-17(22)13-21-18(23)14-4-1-2-5-14/h3,6-7,12,14H,1-2,4-5,8-11,13H2,(H,20,22)(H,21,23). The number of carbonyl (C=O) groups is 2. The average Bonchev–Trinajstić information content (AvgIpc) is 3.13. The molecule has 25 heavy (non-hydrogen) atoms. The van der Waals surface area contributed by atoms with Crippen molar-refractivity contribution in [1.29, 1.82) is 0 Å². The minimum Gasteiger partial charge on any atom is -0.493 e. The molecule has 5 nitrogen and oxygen atoms in total. The van der Waals surface area contributed by atoms with Crippen LogP contribution in [0.4, 0.5) is 0 Å². The van der Waals surface area contributed by atoms with Gasteiger partial charge in [0.2, 0.25) is 11.8 Å². The van der Waals surface area contributed by atoms with Crippen LogP contribution in [-0.2, 0) is 9.59 Å². The van der Waals surface area contributed by atoms with Gasteiger partial charge in [0, 0.05) is 28.4 Å². The Kier molecular flexibility index (Phi) is 9.18. The Morgan fingerprint density at radius 3 is 2.76 bits per heavy atom. The summed E-state index contributed by atoms with van der Waals surface area (Å²) in [5, 5.41) is 5.55. The number of benzene rings is 1. The van der Waals surface area contributed by atoms with Crippen molar-refractivity contribution in [2.45, 2.75) is 25.7 Å². The summed E-state index contributed by atoms with van der Waals surface area (Å²) in [6, 6.07) is 7.76. The molecule has 2 rings (SSSR count). The molecule has 1 fully saturated rings. The highest BCUT2D eigenvalue weighted by Crippen LogP contribution is 2.24. The van der Waals surface area contributed by atoms with Crippen molar-refractivity contribution in [3.63, 3.8) is 0 Å². The van der Waals surface area contributed by atoms with Crippen LogP contribution in [0.15, 0.2) is 28.7 Å². The first-order valence-corrected chi connectivity index (χ1v) is 10.6. The summed E-state index contributed by atoms with van der Waals surface area (Å²) < 4.78 is 6.64. The average molecular weight is 429 g/mol. The molecule has 1 aromatic carbocycles. The molecule has 0 radical (unpaired) electrons. The van der Waals surface area contributed by atoms with E-state index < -0.39 is 0 Å². The summed E-state index contributed by atoms with van der Waals surface area (Å²) in [4.78, 5) is 23.5. The molecule has 0 unspecified atom stereocenters. The lowest BCUT2D eigenvalue weighted by Gasteiger charge is -2.10. The molecule has 1 aliphatic carbocycles. The predicted octanol–water partition coefficient (Wildman–Crippen LogP) is 2.98. The number of nitrogens with one attached hydrogen (secondary N) is 2. The lowest BCUT2D eigenvalue weighted by molar-refractivity contribution is -0.128. The van der Waals surface area contributed by atoms with Crippen LogP contribution in [0.5, 0.6) is 5.75 Å². The monoisotopic (exact) mass is 428 g/mol. The Morgan fingerprint density at radius 2 is 2.00 bits per heavy atom. The van der Waals surface area contributed by atoms with E-state index in [2.05, 4.69) is 26.6 Å². The zero-order chi connectivity index (χ0) is 17.9. The number of thioether (sulfide) groups is 1. The summed E-state index contributed by atoms with van der Waals surface area (Å²) in [7, 11) is 0. The van der Waals surface area contributed by atoms with Crippen LogP contribution < -0.4 is 15.4 Å². The van der Waals surface area contributed by atoms with Crippen LogP contribution >= 0.6 is 27.7 Å². The van der Waals surface area contributed by atoms with E-state index in [9.17, 15) is 9.59 Å². The van der Waals surface area contributed by atoms with Crippen molar-refractivity contribution in [2.24, 2.45) is 5.92 Å². The van der Waals surface area contributed by atoms with Gasteiger partial charge in [-0.15, -0.1) is 0 Å². The maximum atomic E-state index is 11.8. The number of ether oxygens (including phenoxy) is 1. The Bertz CT molecular complexity index is 565. The van der Waals surface area contributed by atoms with E-state index in [0.29, 0.717) is 13.2 Å². The molecule has 0 heterocycles. The van der Waals surface area contributed by atoms with Crippen LogP contribution in [0, 0.1) is 5.92 Å². The molecule has 1 saturated carbocycles. The summed E-state index contributed by atoms with van der Waals surface area (Å²) in [5.41, 5.74) is 0. The minimum absolute atomic E-state index is 0.0201. The van der Waals surface area contributed by atoms with E-state index in [1.165, 1.54) is 0 Å². The summed E-state index contributed by atoms with van der Waals surface area (Å²) in [6.45, 7) is 1.30. The van der Waals surface area contributed by atoms with E-state index >= 15 is 0 Å². The first-order valence-electron chi connectivity index (χ1n) is 8.65. The second-order valence-corrected chi connectivity index (χ2v) is 8.11. The maximum Gasteiger partial charge on any atom is 0.239 e. The molecular formula is C18H25BrN2O3S. The van der Waals surface area contributed by atoms with Crippen LogP contribution in [0.1, 0.15) is 25.7 Å². The van der Waals surface area contributed by atoms with Gasteiger partial charge >= 0.3 is 0 Å². The summed E-state index contributed by atoms with van der Waals surface area (Å²) >= 11 is 5.13. The lowest BCUT2D eigenvalue weighted by Crippen LogP contribution is -2.39. The fourth-order valence-corrected chi connectivity index (χ4v) is 3.73. The minimum atomic E-state index is -0.127. The van der Waals surface area contributed by atoms with Gasteiger partial charge < -0.3 is 15.4 Å². The van der Waals surface area contributed by atoms with E-state index in [-0.39, 0.29) is 24.3 Å². The third kappa shape index (κ3) is 8.14. The zero-order valence-corrected chi connectivity index (χ0v) is 16.7. The summed E-state index contributed by atoms with van der Waals surface area (Å²) in [5.74, 6) is 2.53. The third-order valence-corrected chi connectivity index (χ3v) is 5.45. The molecule has 1 aliphatic rings. The molecule has 7 heteroatoms. The fraction of sp³-hybridized carbons (Fsp3) is 0.556. The first kappa shape index (κ1) is 20.1. The van der Waals surface area contributed by atoms with Crippen molar-refractivity contribution in [1.82, 2.24) is 10.6 Å². The smallest absolute Gasteiger partial charge is 0.239 e. The first-order chi connectivity index (χ1) is 12.1. The van der Waals surface area contributed by atoms with Crippen LogP contribution in [0.25, 0.3) is 0 Å². The molecule has 138 valence electrons. The lowest BCUT2D eigenvalue weighted by atomic mass is 10.1. The Hall–Kier alpha value is -1.21. The highest BCUT2D eigenvalue weighted by Gasteiger charge is 2.22. The number of amides is 2. The van der Waals surface area contributed by atoms with Crippen molar-refractivity contribution in [3.05, 3.63) is 28.7 Å². The van der Waals surface area contributed by atoms with Crippen molar-refractivity contribution in [3.8, 4) is 5.75 Å². The molecular weight excluding hydrogens is 404 g/mol. The van der Waals surface area contributed by atoms with E-state index in [4.69, 9.17) is 4.74 Å². The molecule has 0 bridgehead atoms. The van der Waals surface area contributed by atoms with E-state index in [1.54, 1.807) is 11.8 Å². The Morgan fingerprint density at radius 1 is 1.20 bits per heavy atom. The van der Waals surface area contributed by atoms with E-state index in [0.717, 1.165) is 47.4 Å². The molecule has 0 spiro atoms. The molecule has 0 aromatic heterocycles. The van der Waals surface area contributed by atoms with Crippen molar-refractivity contribution < 1.29 is 14.3 Å². The second-order valence-electron chi connectivity index (χ2n) is 5.97. The maximum absolute atomic E-state index is 11.8. The topological polar surface area (TPSA) is 67.4 Å². The highest BCUT2D eigenvalue weighted by molar-refractivity contribution is 9.10. The van der Waals surface area contributed by atoms with Gasteiger partial charge in [0.1, 0.15) is 5.75 Å². The molecule has 2 amide bonds. The quantitative estimate of drug-likeness (QED) is 0.562. The van der Waals surface area contributed by atoms with E-state index in [1.807, 2.05) is 24.3 Å². The van der Waals surface area contributed by atoms with Gasteiger partial charge in [-0.1, -0.05) is 34.8 Å². The van der Waals surface area contributed by atoms with Crippen molar-refractivity contribution >= 4 is 39.5 Å². The number of carbonyl (C=O) groups excluding carboxylic acids is 2. The van der Waals surface area contributed by atoms with Crippen LogP contribution in [0.3, 0.4) is 0 Å². The van der Waals surface area contributed by atoms with Crippen molar-refractivity contribution in [2.75, 3.05) is 31.2 Å². The molecule has 0 atom stereocenters. The number of halogens is 1. The predicted molar refractivity (Wildman–Crippen MR) is 105 cm³/mol. The van der Waals surface area contributed by atoms with Gasteiger partial charge in [0.25, 0.3) is 0 Å². The van der Waals surface area contributed by atoms with Gasteiger partial charge in [0.05, 0.1) is 13.2 Å². The highest BCUT2D eigenvalue weighted by atomic mass is 79.9. The number of rotatable bonds is 10. The largest absolute Gasteiger partial charge is 0.493 e. The third-order valence-electron chi connectivity index (χ3n) is 4.01. The summed E-state index contributed by atoms with van der Waals surface area (Å²) in [6.07, 6.45) is 4.14. The second kappa shape index (κ2) is 11.4. The van der Waals surface area contributed by atoms with Crippen LogP contribution in [0.2, 0.25) is 0 Å². The van der Waals surface area contributed by atoms with Gasteiger partial charge in [-0.05, 0) is 31.0 Å². The van der Waals surface area contributed by atoms with Gasteiger partial charge in [-0.3, -0.25) is 9.59 Å². The van der Waals surface area contributed by atoms with Gasteiger partial charge in [-0.2, -0.15) is 11.8 Å². The van der Waals surface area contributed by atoms with Gasteiger partial charge in [-0.25, -0.2) is 0 Å². The zero-order valence-electron chi connectivity index (χ0n) is 14.3. The molecule has 0 saturated heterocycles. The Labute approximate surface area is 161 Å². The molecule has 0 aliphatic heterocycles. The van der Waals surface area contributed by atoms with Gasteiger partial charge in [0.15, 0.2) is 0 Å². The molecule has 1 aromatic rings. The van der Waals surface area contributed by atoms with Crippen LogP contribution in [-0.4, -0.2) is 43.0 Å². The Balaban J connectivity index is 1.44. The number of hydrogen-bond acceptors (Lipinski definition) is 4. The normalized spacial score (nSPS) is 14.3. The number of hydrogen-bond donors (Lipinski definition) is 2. The fourth-order valence-electron chi connectivity index (χ4n) is 2.70. The SMILES string of the molecule is O=C(CNC(=O)C1CCCC1)NCCSCCOc1cccc(Br)c1. The molecule has 2 N–H and O–H groups in total.